The summed E-state index contributed by atoms with van der Waals surface area (Å²) < 4.78 is 5.70. The number of benzene rings is 1. The van der Waals surface area contributed by atoms with E-state index in [-0.39, 0.29) is 11.5 Å². The Morgan fingerprint density at radius 1 is 1.25 bits per heavy atom. The minimum atomic E-state index is -0.313. The van der Waals surface area contributed by atoms with Crippen LogP contribution in [0.1, 0.15) is 17.0 Å². The third-order valence-electron chi connectivity index (χ3n) is 5.64. The maximum atomic E-state index is 12.2. The maximum absolute atomic E-state index is 12.2. The fourth-order valence-electron chi connectivity index (χ4n) is 3.61. The van der Waals surface area contributed by atoms with E-state index in [2.05, 4.69) is 36.6 Å². The van der Waals surface area contributed by atoms with Gasteiger partial charge < -0.3 is 24.8 Å². The lowest BCUT2D eigenvalue weighted by atomic mass is 10.1. The molecule has 2 aromatic heterocycles. The first-order valence-electron chi connectivity index (χ1n) is 11.3. The van der Waals surface area contributed by atoms with Gasteiger partial charge >= 0.3 is 0 Å². The number of H-pyrrole nitrogens is 1. The molecular weight excluding hydrogens is 480 g/mol. The summed E-state index contributed by atoms with van der Waals surface area (Å²) >= 11 is 6.38. The average molecular weight is 511 g/mol. The molecule has 1 aromatic carbocycles. The highest BCUT2D eigenvalue weighted by molar-refractivity contribution is 6.32. The van der Waals surface area contributed by atoms with Gasteiger partial charge in [-0.3, -0.25) is 9.59 Å². The zero-order valence-electron chi connectivity index (χ0n) is 21.2. The van der Waals surface area contributed by atoms with Gasteiger partial charge in [0.1, 0.15) is 11.6 Å². The van der Waals surface area contributed by atoms with Crippen LogP contribution >= 0.6 is 11.6 Å². The number of carbonyl (C=O) groups is 1. The van der Waals surface area contributed by atoms with E-state index < -0.39 is 0 Å². The van der Waals surface area contributed by atoms with Crippen molar-refractivity contribution in [3.05, 3.63) is 75.6 Å². The molecule has 0 spiro atoms. The van der Waals surface area contributed by atoms with Gasteiger partial charge in [0.2, 0.25) is 5.91 Å². The van der Waals surface area contributed by atoms with E-state index in [1.807, 2.05) is 33.3 Å². The summed E-state index contributed by atoms with van der Waals surface area (Å²) in [5.74, 6) is 0.830. The van der Waals surface area contributed by atoms with Crippen LogP contribution in [0.25, 0.3) is 11.3 Å². The molecule has 0 saturated carbocycles. The molecule has 0 aliphatic heterocycles. The molecular formula is C26H31ClN6O3. The summed E-state index contributed by atoms with van der Waals surface area (Å²) in [4.78, 5) is 39.8. The van der Waals surface area contributed by atoms with Gasteiger partial charge in [-0.25, -0.2) is 9.97 Å². The number of halogens is 1. The highest BCUT2D eigenvalue weighted by atomic mass is 35.5. The number of aryl methyl sites for hydroxylation is 1. The third kappa shape index (κ3) is 6.50. The molecule has 1 amide bonds. The standard InChI is InChI=1S/C26H31ClN6O3/c1-7-24(34)30-20-11-17(22(36-6)13-21(20)33(5)9-8-32(3)4)12-23-28-15-19(27)25(31-23)18-10-16(2)26(35)29-14-18/h7,10-11,13-15H,1,8-9,12H2,2-6H3,(H,29,35)(H,30,34). The monoisotopic (exact) mass is 510 g/mol. The Bertz CT molecular complexity index is 1320. The first-order chi connectivity index (χ1) is 17.1. The van der Waals surface area contributed by atoms with Crippen LogP contribution in [0.3, 0.4) is 0 Å². The summed E-state index contributed by atoms with van der Waals surface area (Å²) in [5, 5.41) is 3.27. The smallest absolute Gasteiger partial charge is 0.250 e. The molecule has 0 fully saturated rings. The van der Waals surface area contributed by atoms with Crippen molar-refractivity contribution >= 4 is 28.9 Å². The number of aromatic nitrogens is 3. The number of anilines is 2. The summed E-state index contributed by atoms with van der Waals surface area (Å²) in [6.07, 6.45) is 4.67. The van der Waals surface area contributed by atoms with Crippen LogP contribution in [-0.4, -0.2) is 67.1 Å². The molecule has 2 N–H and O–H groups in total. The Labute approximate surface area is 215 Å². The average Bonchev–Trinajstić information content (AvgIpc) is 2.85. The predicted molar refractivity (Wildman–Crippen MR) is 144 cm³/mol. The van der Waals surface area contributed by atoms with Crippen molar-refractivity contribution in [2.24, 2.45) is 0 Å². The molecule has 0 bridgehead atoms. The summed E-state index contributed by atoms with van der Waals surface area (Å²) in [7, 11) is 7.57. The topological polar surface area (TPSA) is 103 Å². The second-order valence-corrected chi connectivity index (χ2v) is 9.07. The lowest BCUT2D eigenvalue weighted by Gasteiger charge is -2.25. The van der Waals surface area contributed by atoms with Crippen molar-refractivity contribution in [1.82, 2.24) is 19.9 Å². The highest BCUT2D eigenvalue weighted by Gasteiger charge is 2.18. The van der Waals surface area contributed by atoms with E-state index in [1.54, 1.807) is 26.3 Å². The quantitative estimate of drug-likeness (QED) is 0.402. The normalized spacial score (nSPS) is 10.9. The van der Waals surface area contributed by atoms with Crippen LogP contribution in [0.4, 0.5) is 11.4 Å². The number of likely N-dealkylation sites (N-methyl/N-ethyl adjacent to an activating group) is 2. The zero-order chi connectivity index (χ0) is 26.4. The van der Waals surface area contributed by atoms with Crippen molar-refractivity contribution in [3.63, 3.8) is 0 Å². The zero-order valence-corrected chi connectivity index (χ0v) is 21.9. The molecule has 0 atom stereocenters. The Morgan fingerprint density at radius 2 is 2.00 bits per heavy atom. The molecule has 0 saturated heterocycles. The molecule has 2 heterocycles. The van der Waals surface area contributed by atoms with Crippen molar-refractivity contribution < 1.29 is 9.53 Å². The number of nitrogens with zero attached hydrogens (tertiary/aromatic N) is 4. The second kappa shape index (κ2) is 11.8. The predicted octanol–water partition coefficient (Wildman–Crippen LogP) is 3.52. The van der Waals surface area contributed by atoms with Gasteiger partial charge in [0, 0.05) is 61.7 Å². The minimum absolute atomic E-state index is 0.168. The van der Waals surface area contributed by atoms with E-state index in [0.29, 0.717) is 45.5 Å². The fourth-order valence-corrected chi connectivity index (χ4v) is 3.81. The molecule has 0 aliphatic rings. The molecule has 0 aliphatic carbocycles. The van der Waals surface area contributed by atoms with Crippen LogP contribution in [0.2, 0.25) is 5.02 Å². The molecule has 0 unspecified atom stereocenters. The number of rotatable bonds is 10. The van der Waals surface area contributed by atoms with E-state index >= 15 is 0 Å². The van der Waals surface area contributed by atoms with Crippen molar-refractivity contribution in [2.75, 3.05) is 51.6 Å². The van der Waals surface area contributed by atoms with Gasteiger partial charge in [0.15, 0.2) is 0 Å². The number of ether oxygens (including phenoxy) is 1. The number of methoxy groups -OCH3 is 1. The van der Waals surface area contributed by atoms with Crippen molar-refractivity contribution in [3.8, 4) is 17.0 Å². The van der Waals surface area contributed by atoms with E-state index in [4.69, 9.17) is 16.3 Å². The fraction of sp³-hybridized carbons (Fsp3) is 0.308. The van der Waals surface area contributed by atoms with Crippen molar-refractivity contribution in [2.45, 2.75) is 13.3 Å². The number of nitrogens with one attached hydrogen (secondary N) is 2. The molecule has 3 aromatic rings. The van der Waals surface area contributed by atoms with E-state index in [1.165, 1.54) is 12.3 Å². The van der Waals surface area contributed by atoms with Crippen LogP contribution in [0, 0.1) is 6.92 Å². The maximum Gasteiger partial charge on any atom is 0.250 e. The Balaban J connectivity index is 2.02. The van der Waals surface area contributed by atoms with Crippen LogP contribution in [-0.2, 0) is 11.2 Å². The van der Waals surface area contributed by atoms with Crippen LogP contribution in [0.15, 0.2) is 48.0 Å². The number of hydrogen-bond acceptors (Lipinski definition) is 7. The summed E-state index contributed by atoms with van der Waals surface area (Å²) in [6.45, 7) is 6.86. The first-order valence-corrected chi connectivity index (χ1v) is 11.7. The van der Waals surface area contributed by atoms with Gasteiger partial charge in [-0.2, -0.15) is 0 Å². The Morgan fingerprint density at radius 3 is 2.64 bits per heavy atom. The molecule has 10 heteroatoms. The molecule has 9 nitrogen and oxygen atoms in total. The number of hydrogen-bond donors (Lipinski definition) is 2. The molecule has 36 heavy (non-hydrogen) atoms. The van der Waals surface area contributed by atoms with Gasteiger partial charge in [-0.05, 0) is 39.2 Å². The van der Waals surface area contributed by atoms with Crippen molar-refractivity contribution in [1.29, 1.82) is 0 Å². The SMILES string of the molecule is C=CC(=O)Nc1cc(Cc2ncc(Cl)c(-c3c[nH]c(=O)c(C)c3)n2)c(OC)cc1N(C)CCN(C)C. The summed E-state index contributed by atoms with van der Waals surface area (Å²) in [6, 6.07) is 5.49. The van der Waals surface area contributed by atoms with Gasteiger partial charge in [-0.15, -0.1) is 0 Å². The number of pyridine rings is 1. The Hall–Kier alpha value is -3.69. The minimum Gasteiger partial charge on any atom is -0.496 e. The molecule has 0 radical (unpaired) electrons. The first kappa shape index (κ1) is 26.9. The number of aromatic amines is 1. The Kier molecular flexibility index (Phi) is 8.84. The molecule has 190 valence electrons. The number of carbonyl (C=O) groups excluding carboxylic acids is 1. The lowest BCUT2D eigenvalue weighted by Crippen LogP contribution is -2.29. The van der Waals surface area contributed by atoms with E-state index in [0.717, 1.165) is 24.3 Å². The highest BCUT2D eigenvalue weighted by Crippen LogP contribution is 2.35. The van der Waals surface area contributed by atoms with Gasteiger partial charge in [0.05, 0.1) is 29.2 Å². The molecule has 3 rings (SSSR count). The largest absolute Gasteiger partial charge is 0.496 e. The van der Waals surface area contributed by atoms with Gasteiger partial charge in [-0.1, -0.05) is 18.2 Å². The number of amides is 1. The van der Waals surface area contributed by atoms with Crippen LogP contribution < -0.4 is 20.5 Å². The van der Waals surface area contributed by atoms with Crippen LogP contribution in [0.5, 0.6) is 5.75 Å². The third-order valence-corrected chi connectivity index (χ3v) is 5.92. The lowest BCUT2D eigenvalue weighted by molar-refractivity contribution is -0.111. The summed E-state index contributed by atoms with van der Waals surface area (Å²) in [5.41, 5.74) is 3.81. The van der Waals surface area contributed by atoms with Gasteiger partial charge in [0.25, 0.3) is 5.56 Å². The second-order valence-electron chi connectivity index (χ2n) is 8.66. The van der Waals surface area contributed by atoms with E-state index in [9.17, 15) is 9.59 Å².